The van der Waals surface area contributed by atoms with Crippen molar-refractivity contribution in [3.63, 3.8) is 0 Å². The van der Waals surface area contributed by atoms with Crippen LogP contribution in [-0.4, -0.2) is 11.9 Å². The Labute approximate surface area is 162 Å². The van der Waals surface area contributed by atoms with Gasteiger partial charge in [-0.15, -0.1) is 0 Å². The van der Waals surface area contributed by atoms with Crippen molar-refractivity contribution in [1.82, 2.24) is 0 Å². The standard InChI is InChI=1S/C23H32O4/c1-14(2)22(7)10-9-15(3)13-23(22,8)21-19(26-17(5)24)11-16(4)12-20(21)27-18(6)25/h11-14H,9-10H2,1-8H3/t22-,23+/m1/s1. The normalized spacial score (nSPS) is 25.1. The largest absolute Gasteiger partial charge is 0.426 e. The molecule has 0 saturated heterocycles. The number of hydrogen-bond acceptors (Lipinski definition) is 4. The molecule has 0 heterocycles. The van der Waals surface area contributed by atoms with Gasteiger partial charge in [-0.2, -0.15) is 0 Å². The predicted molar refractivity (Wildman–Crippen MR) is 107 cm³/mol. The molecule has 27 heavy (non-hydrogen) atoms. The molecule has 0 unspecified atom stereocenters. The Morgan fingerprint density at radius 2 is 1.48 bits per heavy atom. The second-order valence-corrected chi connectivity index (χ2v) is 8.59. The van der Waals surface area contributed by atoms with Gasteiger partial charge in [0.05, 0.1) is 0 Å². The SMILES string of the molecule is CC(=O)Oc1cc(C)cc(OC(C)=O)c1[C@]1(C)C=C(C)CC[C@]1(C)C(C)C. The van der Waals surface area contributed by atoms with Crippen LogP contribution in [0.5, 0.6) is 11.5 Å². The van der Waals surface area contributed by atoms with Crippen molar-refractivity contribution < 1.29 is 19.1 Å². The molecule has 4 heteroatoms. The topological polar surface area (TPSA) is 52.6 Å². The molecule has 0 aliphatic heterocycles. The van der Waals surface area contributed by atoms with Crippen LogP contribution in [0.25, 0.3) is 0 Å². The van der Waals surface area contributed by atoms with Gasteiger partial charge in [-0.3, -0.25) is 9.59 Å². The van der Waals surface area contributed by atoms with Gasteiger partial charge >= 0.3 is 11.9 Å². The molecule has 0 radical (unpaired) electrons. The number of allylic oxidation sites excluding steroid dienone is 2. The summed E-state index contributed by atoms with van der Waals surface area (Å²) in [6.07, 6.45) is 4.31. The van der Waals surface area contributed by atoms with Crippen molar-refractivity contribution in [3.05, 3.63) is 34.9 Å². The summed E-state index contributed by atoms with van der Waals surface area (Å²) < 4.78 is 11.2. The first-order valence-electron chi connectivity index (χ1n) is 9.61. The summed E-state index contributed by atoms with van der Waals surface area (Å²) in [5.74, 6) is 0.547. The Bertz CT molecular complexity index is 753. The summed E-state index contributed by atoms with van der Waals surface area (Å²) >= 11 is 0. The molecule has 0 bridgehead atoms. The summed E-state index contributed by atoms with van der Waals surface area (Å²) in [5, 5.41) is 0. The minimum absolute atomic E-state index is 0.0917. The highest BCUT2D eigenvalue weighted by Gasteiger charge is 2.51. The average Bonchev–Trinajstić information content (AvgIpc) is 2.49. The quantitative estimate of drug-likeness (QED) is 0.397. The Morgan fingerprint density at radius 3 is 1.89 bits per heavy atom. The fraction of sp³-hybridized carbons (Fsp3) is 0.565. The zero-order valence-electron chi connectivity index (χ0n) is 17.9. The molecule has 148 valence electrons. The molecule has 2 rings (SSSR count). The minimum Gasteiger partial charge on any atom is -0.426 e. The van der Waals surface area contributed by atoms with E-state index < -0.39 is 5.41 Å². The maximum Gasteiger partial charge on any atom is 0.308 e. The zero-order chi connectivity index (χ0) is 20.6. The van der Waals surface area contributed by atoms with E-state index in [0.717, 1.165) is 24.0 Å². The van der Waals surface area contributed by atoms with E-state index >= 15 is 0 Å². The maximum absolute atomic E-state index is 11.8. The summed E-state index contributed by atoms with van der Waals surface area (Å²) in [6, 6.07) is 3.71. The first-order chi connectivity index (χ1) is 12.4. The second kappa shape index (κ2) is 7.49. The first kappa shape index (κ1) is 21.2. The molecule has 2 atom stereocenters. The number of carbonyl (C=O) groups excluding carboxylic acids is 2. The number of hydrogen-bond donors (Lipinski definition) is 0. The molecule has 1 aliphatic rings. The molecule has 1 aliphatic carbocycles. The zero-order valence-corrected chi connectivity index (χ0v) is 17.9. The number of esters is 2. The summed E-state index contributed by atoms with van der Waals surface area (Å²) in [6.45, 7) is 15.7. The number of ether oxygens (including phenoxy) is 2. The van der Waals surface area contributed by atoms with Gasteiger partial charge in [-0.05, 0) is 55.7 Å². The van der Waals surface area contributed by atoms with Crippen LogP contribution in [0.2, 0.25) is 0 Å². The summed E-state index contributed by atoms with van der Waals surface area (Å²) in [5.41, 5.74) is 2.39. The third-order valence-corrected chi connectivity index (χ3v) is 6.27. The molecule has 0 aromatic heterocycles. The lowest BCUT2D eigenvalue weighted by atomic mass is 9.52. The Morgan fingerprint density at radius 1 is 1.00 bits per heavy atom. The third kappa shape index (κ3) is 3.95. The van der Waals surface area contributed by atoms with Crippen molar-refractivity contribution in [2.24, 2.45) is 11.3 Å². The van der Waals surface area contributed by atoms with Gasteiger partial charge in [0.25, 0.3) is 0 Å². The maximum atomic E-state index is 11.8. The van der Waals surface area contributed by atoms with Gasteiger partial charge < -0.3 is 9.47 Å². The molecule has 1 aromatic carbocycles. The second-order valence-electron chi connectivity index (χ2n) is 8.59. The van der Waals surface area contributed by atoms with Crippen molar-refractivity contribution in [2.75, 3.05) is 0 Å². The highest BCUT2D eigenvalue weighted by molar-refractivity contribution is 5.74. The third-order valence-electron chi connectivity index (χ3n) is 6.27. The van der Waals surface area contributed by atoms with Crippen LogP contribution < -0.4 is 9.47 Å². The summed E-state index contributed by atoms with van der Waals surface area (Å²) in [4.78, 5) is 23.6. The number of rotatable bonds is 4. The number of benzene rings is 1. The number of carbonyl (C=O) groups is 2. The highest BCUT2D eigenvalue weighted by Crippen LogP contribution is 2.58. The average molecular weight is 373 g/mol. The van der Waals surface area contributed by atoms with Gasteiger partial charge in [0.1, 0.15) is 11.5 Å². The molecule has 0 fully saturated rings. The van der Waals surface area contributed by atoms with Gasteiger partial charge in [-0.25, -0.2) is 0 Å². The van der Waals surface area contributed by atoms with Crippen LogP contribution in [0.15, 0.2) is 23.8 Å². The van der Waals surface area contributed by atoms with Crippen LogP contribution in [-0.2, 0) is 15.0 Å². The molecule has 0 amide bonds. The minimum atomic E-state index is -0.452. The molecule has 0 N–H and O–H groups in total. The van der Waals surface area contributed by atoms with Gasteiger partial charge in [0, 0.05) is 24.8 Å². The van der Waals surface area contributed by atoms with E-state index in [1.54, 1.807) is 0 Å². The van der Waals surface area contributed by atoms with Gasteiger partial charge in [-0.1, -0.05) is 39.3 Å². The molecule has 4 nitrogen and oxygen atoms in total. The van der Waals surface area contributed by atoms with Crippen molar-refractivity contribution in [3.8, 4) is 11.5 Å². The van der Waals surface area contributed by atoms with E-state index in [0.29, 0.717) is 17.4 Å². The lowest BCUT2D eigenvalue weighted by Gasteiger charge is -2.52. The Hall–Kier alpha value is -2.10. The van der Waals surface area contributed by atoms with Gasteiger partial charge in [0.2, 0.25) is 0 Å². The van der Waals surface area contributed by atoms with E-state index in [2.05, 4.69) is 40.7 Å². The Balaban J connectivity index is 2.88. The van der Waals surface area contributed by atoms with E-state index in [1.807, 2.05) is 19.1 Å². The van der Waals surface area contributed by atoms with E-state index in [9.17, 15) is 9.59 Å². The molecular weight excluding hydrogens is 340 g/mol. The van der Waals surface area contributed by atoms with Crippen molar-refractivity contribution >= 4 is 11.9 Å². The highest BCUT2D eigenvalue weighted by atomic mass is 16.5. The van der Waals surface area contributed by atoms with Crippen LogP contribution in [0.4, 0.5) is 0 Å². The van der Waals surface area contributed by atoms with Gasteiger partial charge in [0.15, 0.2) is 0 Å². The lowest BCUT2D eigenvalue weighted by molar-refractivity contribution is -0.132. The van der Waals surface area contributed by atoms with Crippen LogP contribution in [0, 0.1) is 18.3 Å². The molecule has 1 aromatic rings. The fourth-order valence-electron chi connectivity index (χ4n) is 4.40. The van der Waals surface area contributed by atoms with E-state index in [-0.39, 0.29) is 17.4 Å². The number of aryl methyl sites for hydroxylation is 1. The lowest BCUT2D eigenvalue weighted by Crippen LogP contribution is -2.46. The molecular formula is C23H32O4. The predicted octanol–water partition coefficient (Wildman–Crippen LogP) is 5.51. The monoisotopic (exact) mass is 372 g/mol. The Kier molecular flexibility index (Phi) is 5.88. The molecule has 0 spiro atoms. The van der Waals surface area contributed by atoms with Crippen LogP contribution >= 0.6 is 0 Å². The van der Waals surface area contributed by atoms with Crippen LogP contribution in [0.1, 0.15) is 72.4 Å². The van der Waals surface area contributed by atoms with E-state index in [4.69, 9.17) is 9.47 Å². The first-order valence-corrected chi connectivity index (χ1v) is 9.61. The fourth-order valence-corrected chi connectivity index (χ4v) is 4.40. The van der Waals surface area contributed by atoms with Crippen molar-refractivity contribution in [2.45, 2.75) is 73.6 Å². The van der Waals surface area contributed by atoms with Crippen molar-refractivity contribution in [1.29, 1.82) is 0 Å². The van der Waals surface area contributed by atoms with Crippen LogP contribution in [0.3, 0.4) is 0 Å². The summed E-state index contributed by atoms with van der Waals surface area (Å²) in [7, 11) is 0. The smallest absolute Gasteiger partial charge is 0.308 e. The van der Waals surface area contributed by atoms with E-state index in [1.165, 1.54) is 19.4 Å². The molecule has 0 saturated carbocycles.